The Bertz CT molecular complexity index is 1440. The number of nitrogens with zero attached hydrogens (tertiary/aromatic N) is 3. The normalized spacial score (nSPS) is 14.6. The van der Waals surface area contributed by atoms with Crippen LogP contribution in [0.15, 0.2) is 77.6 Å². The number of amides is 1. The number of nitrogens with one attached hydrogen (secondary N) is 1. The molecule has 3 aromatic carbocycles. The molecule has 0 spiro atoms. The van der Waals surface area contributed by atoms with Gasteiger partial charge in [0.05, 0.1) is 11.0 Å². The molecule has 7 nitrogen and oxygen atoms in total. The topological polar surface area (TPSA) is 70.6 Å². The maximum atomic E-state index is 12.8. The molecular formula is C31H36N4O3. The van der Waals surface area contributed by atoms with Crippen LogP contribution in [0, 0.1) is 0 Å². The minimum absolute atomic E-state index is 0.0178. The van der Waals surface area contributed by atoms with E-state index >= 15 is 0 Å². The molecule has 1 saturated heterocycles. The zero-order valence-electron chi connectivity index (χ0n) is 22.2. The standard InChI is InChI=1S/C31H36N4O3/c1-3-34(4-2)30(36)25-11-7-9-23(21-25)24-10-8-12-27(22-24)38-20-19-33-17-15-26(16-18-33)35-29-14-6-5-13-28(29)32-31(35)37/h5-14,21-22,26H,3-4,15-20H2,1-2H3,(H,32,37). The van der Waals surface area contributed by atoms with Crippen molar-refractivity contribution < 1.29 is 9.53 Å². The third-order valence-electron chi connectivity index (χ3n) is 7.55. The Hall–Kier alpha value is -3.84. The zero-order valence-corrected chi connectivity index (χ0v) is 22.2. The summed E-state index contributed by atoms with van der Waals surface area (Å²) in [5.74, 6) is 0.880. The zero-order chi connectivity index (χ0) is 26.5. The summed E-state index contributed by atoms with van der Waals surface area (Å²) in [4.78, 5) is 32.5. The van der Waals surface area contributed by atoms with Gasteiger partial charge >= 0.3 is 5.69 Å². The van der Waals surface area contributed by atoms with E-state index in [9.17, 15) is 9.59 Å². The number of para-hydroxylation sites is 2. The lowest BCUT2D eigenvalue weighted by Crippen LogP contribution is -2.38. The molecule has 0 unspecified atom stereocenters. The van der Waals surface area contributed by atoms with Crippen molar-refractivity contribution in [2.45, 2.75) is 32.7 Å². The Morgan fingerprint density at radius 3 is 2.42 bits per heavy atom. The molecule has 7 heteroatoms. The highest BCUT2D eigenvalue weighted by molar-refractivity contribution is 5.95. The van der Waals surface area contributed by atoms with E-state index < -0.39 is 0 Å². The number of aromatic amines is 1. The number of fused-ring (bicyclic) bond motifs is 1. The molecule has 0 saturated carbocycles. The fourth-order valence-corrected chi connectivity index (χ4v) is 5.42. The fraction of sp³-hybridized carbons (Fsp3) is 0.355. The summed E-state index contributed by atoms with van der Waals surface area (Å²) in [5.41, 5.74) is 4.61. The highest BCUT2D eigenvalue weighted by atomic mass is 16.5. The van der Waals surface area contributed by atoms with E-state index in [1.165, 1.54) is 0 Å². The number of benzene rings is 3. The van der Waals surface area contributed by atoms with Crippen LogP contribution < -0.4 is 10.4 Å². The maximum absolute atomic E-state index is 12.8. The van der Waals surface area contributed by atoms with Gasteiger partial charge in [0.15, 0.2) is 0 Å². The second kappa shape index (κ2) is 11.7. The molecular weight excluding hydrogens is 476 g/mol. The highest BCUT2D eigenvalue weighted by Crippen LogP contribution is 2.27. The largest absolute Gasteiger partial charge is 0.492 e. The Kier molecular flexibility index (Phi) is 7.94. The third-order valence-corrected chi connectivity index (χ3v) is 7.55. The first-order valence-corrected chi connectivity index (χ1v) is 13.6. The maximum Gasteiger partial charge on any atom is 0.326 e. The molecule has 1 aromatic heterocycles. The van der Waals surface area contributed by atoms with Crippen molar-refractivity contribution in [1.29, 1.82) is 0 Å². The van der Waals surface area contributed by atoms with Gasteiger partial charge in [-0.2, -0.15) is 0 Å². The van der Waals surface area contributed by atoms with Crippen LogP contribution in [0.1, 0.15) is 43.1 Å². The van der Waals surface area contributed by atoms with E-state index in [1.54, 1.807) is 0 Å². The summed E-state index contributed by atoms with van der Waals surface area (Å²) in [6.45, 7) is 8.71. The van der Waals surface area contributed by atoms with Gasteiger partial charge in [-0.3, -0.25) is 14.3 Å². The van der Waals surface area contributed by atoms with Crippen molar-refractivity contribution in [2.75, 3.05) is 39.3 Å². The van der Waals surface area contributed by atoms with Crippen molar-refractivity contribution in [3.8, 4) is 16.9 Å². The average molecular weight is 513 g/mol. The molecule has 0 bridgehead atoms. The molecule has 0 atom stereocenters. The van der Waals surface area contributed by atoms with Gasteiger partial charge in [0.2, 0.25) is 0 Å². The SMILES string of the molecule is CCN(CC)C(=O)c1cccc(-c2cccc(OCCN3CCC(n4c(=O)[nH]c5ccccc54)CC3)c2)c1. The highest BCUT2D eigenvalue weighted by Gasteiger charge is 2.23. The number of imidazole rings is 1. The number of aromatic nitrogens is 2. The van der Waals surface area contributed by atoms with E-state index in [2.05, 4.69) is 9.88 Å². The second-order valence-corrected chi connectivity index (χ2v) is 9.82. The molecule has 198 valence electrons. The number of likely N-dealkylation sites (tertiary alicyclic amines) is 1. The predicted molar refractivity (Wildman–Crippen MR) is 152 cm³/mol. The molecule has 1 aliphatic heterocycles. The molecule has 1 aliphatic rings. The lowest BCUT2D eigenvalue weighted by atomic mass is 10.0. The third kappa shape index (κ3) is 5.53. The van der Waals surface area contributed by atoms with Crippen LogP contribution >= 0.6 is 0 Å². The van der Waals surface area contributed by atoms with Crippen LogP contribution in [0.3, 0.4) is 0 Å². The van der Waals surface area contributed by atoms with Crippen LogP contribution in [-0.4, -0.2) is 64.6 Å². The van der Waals surface area contributed by atoms with Gasteiger partial charge in [-0.25, -0.2) is 4.79 Å². The molecule has 0 radical (unpaired) electrons. The first-order chi connectivity index (χ1) is 18.6. The summed E-state index contributed by atoms with van der Waals surface area (Å²) in [7, 11) is 0. The van der Waals surface area contributed by atoms with Gasteiger partial charge < -0.3 is 14.6 Å². The van der Waals surface area contributed by atoms with Gasteiger partial charge in [-0.05, 0) is 74.2 Å². The lowest BCUT2D eigenvalue weighted by Gasteiger charge is -2.32. The minimum Gasteiger partial charge on any atom is -0.492 e. The van der Waals surface area contributed by atoms with Crippen molar-refractivity contribution in [2.24, 2.45) is 0 Å². The molecule has 1 fully saturated rings. The Morgan fingerprint density at radius 1 is 0.947 bits per heavy atom. The summed E-state index contributed by atoms with van der Waals surface area (Å²) >= 11 is 0. The van der Waals surface area contributed by atoms with E-state index in [0.717, 1.165) is 60.4 Å². The Balaban J connectivity index is 1.16. The number of hydrogen-bond acceptors (Lipinski definition) is 4. The van der Waals surface area contributed by atoms with Crippen LogP contribution in [0.2, 0.25) is 0 Å². The molecule has 4 aromatic rings. The van der Waals surface area contributed by atoms with Gasteiger partial charge in [0, 0.05) is 44.3 Å². The van der Waals surface area contributed by atoms with Gasteiger partial charge in [-0.15, -0.1) is 0 Å². The van der Waals surface area contributed by atoms with Crippen LogP contribution in [-0.2, 0) is 0 Å². The first-order valence-electron chi connectivity index (χ1n) is 13.6. The summed E-state index contributed by atoms with van der Waals surface area (Å²) in [6, 6.07) is 24.0. The van der Waals surface area contributed by atoms with Crippen molar-refractivity contribution >= 4 is 16.9 Å². The van der Waals surface area contributed by atoms with Gasteiger partial charge in [0.1, 0.15) is 12.4 Å². The summed E-state index contributed by atoms with van der Waals surface area (Å²) in [5, 5.41) is 0. The Morgan fingerprint density at radius 2 is 1.66 bits per heavy atom. The predicted octanol–water partition coefficient (Wildman–Crippen LogP) is 5.19. The number of rotatable bonds is 9. The number of piperidine rings is 1. The number of H-pyrrole nitrogens is 1. The molecule has 1 amide bonds. The minimum atomic E-state index is -0.0178. The second-order valence-electron chi connectivity index (χ2n) is 9.82. The van der Waals surface area contributed by atoms with E-state index in [0.29, 0.717) is 25.3 Å². The summed E-state index contributed by atoms with van der Waals surface area (Å²) < 4.78 is 8.05. The van der Waals surface area contributed by atoms with Crippen LogP contribution in [0.25, 0.3) is 22.2 Å². The van der Waals surface area contributed by atoms with E-state index in [4.69, 9.17) is 4.74 Å². The van der Waals surface area contributed by atoms with Crippen LogP contribution in [0.4, 0.5) is 0 Å². The first kappa shape index (κ1) is 25.8. The number of carbonyl (C=O) groups is 1. The van der Waals surface area contributed by atoms with Crippen molar-refractivity contribution in [1.82, 2.24) is 19.4 Å². The number of hydrogen-bond donors (Lipinski definition) is 1. The van der Waals surface area contributed by atoms with Crippen LogP contribution in [0.5, 0.6) is 5.75 Å². The number of carbonyl (C=O) groups excluding carboxylic acids is 1. The lowest BCUT2D eigenvalue weighted by molar-refractivity contribution is 0.0773. The van der Waals surface area contributed by atoms with Crippen molar-refractivity contribution in [3.63, 3.8) is 0 Å². The summed E-state index contributed by atoms with van der Waals surface area (Å²) in [6.07, 6.45) is 1.89. The molecule has 1 N–H and O–H groups in total. The fourth-order valence-electron chi connectivity index (χ4n) is 5.42. The van der Waals surface area contributed by atoms with Gasteiger partial charge in [-0.1, -0.05) is 36.4 Å². The average Bonchev–Trinajstić information content (AvgIpc) is 3.30. The monoisotopic (exact) mass is 512 g/mol. The van der Waals surface area contributed by atoms with E-state index in [1.807, 2.05) is 96.1 Å². The van der Waals surface area contributed by atoms with Crippen molar-refractivity contribution in [3.05, 3.63) is 88.8 Å². The molecule has 2 heterocycles. The number of ether oxygens (including phenoxy) is 1. The van der Waals surface area contributed by atoms with Gasteiger partial charge in [0.25, 0.3) is 5.91 Å². The molecule has 5 rings (SSSR count). The Labute approximate surface area is 223 Å². The quantitative estimate of drug-likeness (QED) is 0.335. The molecule has 38 heavy (non-hydrogen) atoms. The molecule has 0 aliphatic carbocycles. The smallest absolute Gasteiger partial charge is 0.326 e. The van der Waals surface area contributed by atoms with E-state index in [-0.39, 0.29) is 17.6 Å².